The lowest BCUT2D eigenvalue weighted by Gasteiger charge is -2.24. The first kappa shape index (κ1) is 14.8. The van der Waals surface area contributed by atoms with E-state index in [2.05, 4.69) is 10.3 Å². The molecule has 1 atom stereocenters. The fraction of sp³-hybridized carbons (Fsp3) is 0.375. The van der Waals surface area contributed by atoms with Crippen LogP contribution in [0.25, 0.3) is 0 Å². The molecule has 1 heterocycles. The highest BCUT2D eigenvalue weighted by Gasteiger charge is 2.20. The number of nitrogens with zero attached hydrogens (tertiary/aromatic N) is 2. The molecule has 0 bridgehead atoms. The van der Waals surface area contributed by atoms with Crippen molar-refractivity contribution in [3.05, 3.63) is 52.6 Å². The zero-order chi connectivity index (χ0) is 14.7. The van der Waals surface area contributed by atoms with E-state index in [1.54, 1.807) is 11.8 Å². The van der Waals surface area contributed by atoms with Crippen molar-refractivity contribution in [2.75, 3.05) is 7.05 Å². The molecular weight excluding hydrogens is 302 g/mol. The number of benzene rings is 1. The van der Waals surface area contributed by atoms with Crippen LogP contribution in [-0.4, -0.2) is 17.0 Å². The van der Waals surface area contributed by atoms with Gasteiger partial charge in [0, 0.05) is 33.4 Å². The second-order valence-corrected chi connectivity index (χ2v) is 6.65. The molecular formula is C16H18ClN3S. The first-order valence-electron chi connectivity index (χ1n) is 7.16. The predicted octanol–water partition coefficient (Wildman–Crippen LogP) is 4.02. The summed E-state index contributed by atoms with van der Waals surface area (Å²) in [6.45, 7) is 0. The first-order valence-corrected chi connectivity index (χ1v) is 8.53. The van der Waals surface area contributed by atoms with Crippen LogP contribution in [-0.2, 0) is 12.2 Å². The number of aromatic nitrogens is 2. The van der Waals surface area contributed by atoms with E-state index in [0.717, 1.165) is 23.0 Å². The van der Waals surface area contributed by atoms with Crippen molar-refractivity contribution in [3.63, 3.8) is 0 Å². The van der Waals surface area contributed by atoms with Crippen LogP contribution < -0.4 is 5.32 Å². The fourth-order valence-corrected chi connectivity index (χ4v) is 3.53. The maximum absolute atomic E-state index is 5.90. The summed E-state index contributed by atoms with van der Waals surface area (Å²) in [5.74, 6) is 1.70. The van der Waals surface area contributed by atoms with Gasteiger partial charge in [-0.1, -0.05) is 11.6 Å². The molecule has 3 nitrogen and oxygen atoms in total. The highest BCUT2D eigenvalue weighted by Crippen LogP contribution is 2.29. The second kappa shape index (κ2) is 6.77. The maximum Gasteiger partial charge on any atom is 0.138 e. The summed E-state index contributed by atoms with van der Waals surface area (Å²) in [5, 5.41) is 4.11. The summed E-state index contributed by atoms with van der Waals surface area (Å²) in [4.78, 5) is 10.5. The monoisotopic (exact) mass is 319 g/mol. The minimum atomic E-state index is 0.409. The molecule has 21 heavy (non-hydrogen) atoms. The van der Waals surface area contributed by atoms with Crippen molar-refractivity contribution in [2.24, 2.45) is 0 Å². The number of aryl methyl sites for hydroxylation is 1. The number of hydrogen-bond donors (Lipinski definition) is 1. The number of halogens is 1. The quantitative estimate of drug-likeness (QED) is 0.864. The average molecular weight is 320 g/mol. The van der Waals surface area contributed by atoms with E-state index < -0.39 is 0 Å². The van der Waals surface area contributed by atoms with Gasteiger partial charge in [-0.25, -0.2) is 9.97 Å². The third-order valence-corrected chi connectivity index (χ3v) is 5.02. The van der Waals surface area contributed by atoms with Crippen LogP contribution in [0.2, 0.25) is 5.02 Å². The molecule has 1 aliphatic rings. The summed E-state index contributed by atoms with van der Waals surface area (Å²) >= 11 is 7.64. The summed E-state index contributed by atoms with van der Waals surface area (Å²) in [6.07, 6.45) is 5.43. The molecule has 0 spiro atoms. The molecule has 0 radical (unpaired) electrons. The van der Waals surface area contributed by atoms with E-state index >= 15 is 0 Å². The Hall–Kier alpha value is -1.10. The number of rotatable bonds is 4. The van der Waals surface area contributed by atoms with E-state index in [4.69, 9.17) is 16.6 Å². The van der Waals surface area contributed by atoms with Gasteiger partial charge in [0.05, 0.1) is 5.75 Å². The van der Waals surface area contributed by atoms with Crippen LogP contribution in [0.5, 0.6) is 0 Å². The van der Waals surface area contributed by atoms with Crippen molar-refractivity contribution in [1.29, 1.82) is 0 Å². The Kier molecular flexibility index (Phi) is 4.78. The Morgan fingerprint density at radius 2 is 2.14 bits per heavy atom. The van der Waals surface area contributed by atoms with Crippen LogP contribution in [0.15, 0.2) is 35.4 Å². The minimum absolute atomic E-state index is 0.409. The van der Waals surface area contributed by atoms with Gasteiger partial charge in [0.2, 0.25) is 0 Å². The Morgan fingerprint density at radius 3 is 2.90 bits per heavy atom. The van der Waals surface area contributed by atoms with Gasteiger partial charge in [0.1, 0.15) is 5.82 Å². The van der Waals surface area contributed by atoms with E-state index in [1.807, 2.05) is 37.5 Å². The molecule has 0 saturated carbocycles. The van der Waals surface area contributed by atoms with Crippen LogP contribution in [0.3, 0.4) is 0 Å². The molecule has 5 heteroatoms. The Balaban J connectivity index is 1.70. The molecule has 1 aromatic heterocycles. The third-order valence-electron chi connectivity index (χ3n) is 3.76. The zero-order valence-corrected chi connectivity index (χ0v) is 13.5. The van der Waals surface area contributed by atoms with Crippen LogP contribution >= 0.6 is 23.4 Å². The van der Waals surface area contributed by atoms with E-state index in [0.29, 0.717) is 6.04 Å². The van der Waals surface area contributed by atoms with Crippen LogP contribution in [0.4, 0.5) is 0 Å². The summed E-state index contributed by atoms with van der Waals surface area (Å²) < 4.78 is 0. The van der Waals surface area contributed by atoms with Crippen LogP contribution in [0.1, 0.15) is 36.0 Å². The minimum Gasteiger partial charge on any atom is -0.313 e. The number of fused-ring (bicyclic) bond motifs is 1. The Bertz CT molecular complexity index is 615. The Labute approximate surface area is 134 Å². The third kappa shape index (κ3) is 3.57. The molecule has 1 N–H and O–H groups in total. The van der Waals surface area contributed by atoms with Gasteiger partial charge >= 0.3 is 0 Å². The highest BCUT2D eigenvalue weighted by molar-refractivity contribution is 7.98. The summed E-state index contributed by atoms with van der Waals surface area (Å²) in [6, 6.07) is 8.29. The van der Waals surface area contributed by atoms with Crippen molar-refractivity contribution in [3.8, 4) is 0 Å². The molecule has 0 saturated heterocycles. The lowest BCUT2D eigenvalue weighted by molar-refractivity contribution is 0.486. The molecule has 1 aliphatic carbocycles. The molecule has 0 fully saturated rings. The number of thioether (sulfide) groups is 1. The molecule has 2 aromatic rings. The lowest BCUT2D eigenvalue weighted by Crippen LogP contribution is -2.23. The van der Waals surface area contributed by atoms with Gasteiger partial charge in [-0.3, -0.25) is 0 Å². The largest absolute Gasteiger partial charge is 0.313 e. The number of hydrogen-bond acceptors (Lipinski definition) is 4. The Morgan fingerprint density at radius 1 is 1.33 bits per heavy atom. The molecule has 3 rings (SSSR count). The van der Waals surface area contributed by atoms with Crippen molar-refractivity contribution in [1.82, 2.24) is 15.3 Å². The van der Waals surface area contributed by atoms with Gasteiger partial charge in [-0.05, 0) is 50.6 Å². The molecule has 1 unspecified atom stereocenters. The van der Waals surface area contributed by atoms with E-state index in [1.165, 1.54) is 29.0 Å². The van der Waals surface area contributed by atoms with Gasteiger partial charge in [0.25, 0.3) is 0 Å². The normalized spacial score (nSPS) is 17.5. The summed E-state index contributed by atoms with van der Waals surface area (Å²) in [7, 11) is 2.00. The standard InChI is InChI=1S/C16H18ClN3S/c1-18-14-3-2-4-15-13(14)9-19-16(20-15)10-21-12-7-5-11(17)6-8-12/h5-9,14,18H,2-4,10H2,1H3. The summed E-state index contributed by atoms with van der Waals surface area (Å²) in [5.41, 5.74) is 2.48. The maximum atomic E-state index is 5.90. The van der Waals surface area contributed by atoms with Crippen LogP contribution in [0, 0.1) is 0 Å². The fourth-order valence-electron chi connectivity index (χ4n) is 2.64. The van der Waals surface area contributed by atoms with Crippen molar-refractivity contribution >= 4 is 23.4 Å². The van der Waals surface area contributed by atoms with E-state index in [-0.39, 0.29) is 0 Å². The lowest BCUT2D eigenvalue weighted by atomic mass is 9.92. The smallest absolute Gasteiger partial charge is 0.138 e. The van der Waals surface area contributed by atoms with Crippen molar-refractivity contribution in [2.45, 2.75) is 36.0 Å². The van der Waals surface area contributed by atoms with Gasteiger partial charge < -0.3 is 5.32 Å². The molecule has 1 aromatic carbocycles. The second-order valence-electron chi connectivity index (χ2n) is 5.16. The average Bonchev–Trinajstić information content (AvgIpc) is 2.53. The topological polar surface area (TPSA) is 37.8 Å². The van der Waals surface area contributed by atoms with Gasteiger partial charge in [-0.2, -0.15) is 0 Å². The predicted molar refractivity (Wildman–Crippen MR) is 87.8 cm³/mol. The molecule has 110 valence electrons. The number of nitrogens with one attached hydrogen (secondary N) is 1. The molecule has 0 aliphatic heterocycles. The zero-order valence-electron chi connectivity index (χ0n) is 12.0. The SMILES string of the molecule is CNC1CCCc2nc(CSc3ccc(Cl)cc3)ncc21. The van der Waals surface area contributed by atoms with Crippen molar-refractivity contribution < 1.29 is 0 Å². The van der Waals surface area contributed by atoms with Gasteiger partial charge in [-0.15, -0.1) is 11.8 Å². The molecule has 0 amide bonds. The highest BCUT2D eigenvalue weighted by atomic mass is 35.5. The van der Waals surface area contributed by atoms with Gasteiger partial charge in [0.15, 0.2) is 0 Å². The first-order chi connectivity index (χ1) is 10.3. The van der Waals surface area contributed by atoms with E-state index in [9.17, 15) is 0 Å².